The molecule has 3 rings (SSSR count). The van der Waals surface area contributed by atoms with Crippen molar-refractivity contribution in [2.75, 3.05) is 47.6 Å². The molecule has 1 aliphatic heterocycles. The van der Waals surface area contributed by atoms with Gasteiger partial charge in [0.25, 0.3) is 5.91 Å². The van der Waals surface area contributed by atoms with Crippen LogP contribution in [0.2, 0.25) is 0 Å². The number of benzene rings is 1. The first-order valence-corrected chi connectivity index (χ1v) is 10.7. The van der Waals surface area contributed by atoms with Gasteiger partial charge >= 0.3 is 0 Å². The lowest BCUT2D eigenvalue weighted by Gasteiger charge is -2.26. The highest BCUT2D eigenvalue weighted by atomic mass is 16.6. The van der Waals surface area contributed by atoms with Gasteiger partial charge in [-0.15, -0.1) is 5.53 Å². The normalized spacial score (nSPS) is 11.8. The monoisotopic (exact) mass is 430 g/mol. The van der Waals surface area contributed by atoms with Crippen molar-refractivity contribution < 1.29 is 14.6 Å². The first-order valence-electron chi connectivity index (χ1n) is 10.7. The molecule has 1 aromatic heterocycles. The second-order valence-corrected chi connectivity index (χ2v) is 6.61. The smallest absolute Gasteiger partial charge is 0.259 e. The van der Waals surface area contributed by atoms with Gasteiger partial charge in [-0.25, -0.2) is 0 Å². The van der Waals surface area contributed by atoms with Crippen LogP contribution in [-0.2, 0) is 6.42 Å². The van der Waals surface area contributed by atoms with Crippen LogP contribution in [0.15, 0.2) is 24.5 Å². The van der Waals surface area contributed by atoms with E-state index in [0.29, 0.717) is 29.1 Å². The Kier molecular flexibility index (Phi) is 8.89. The lowest BCUT2D eigenvalue weighted by Crippen LogP contribution is -2.31. The number of pyridine rings is 1. The largest absolute Gasteiger partial charge is 0.467 e. The number of aryl methyl sites for hydroxylation is 1. The molecule has 1 aromatic carbocycles. The maximum Gasteiger partial charge on any atom is 0.259 e. The predicted octanol–water partition coefficient (Wildman–Crippen LogP) is 3.38. The number of amides is 1. The Hall–Kier alpha value is -3.04. The van der Waals surface area contributed by atoms with Crippen LogP contribution in [0.3, 0.4) is 0 Å². The summed E-state index contributed by atoms with van der Waals surface area (Å²) in [6, 6.07) is 3.78. The molecule has 9 nitrogen and oxygen atoms in total. The summed E-state index contributed by atoms with van der Waals surface area (Å²) in [5.74, 6) is 0.356. The average Bonchev–Trinajstić information content (AvgIpc) is 3.18. The molecule has 1 aliphatic rings. The van der Waals surface area contributed by atoms with Gasteiger partial charge in [-0.2, -0.15) is 0 Å². The standard InChI is InChI=1S/C20H28N6O3.C2H6/c1-5-13-8-15(16(26(6-2)7-3)9-18(13)29-12-27)22-20(28)14-10-21-11-17-19(14)23-24-25(17)4;1-2/h8-11,23-24,27H,5-7,12H2,1-4H3,(H,22,28);1-2H3. The van der Waals surface area contributed by atoms with Gasteiger partial charge in [-0.3, -0.25) is 14.8 Å². The maximum atomic E-state index is 13.1. The number of hydrogen-bond donors (Lipinski definition) is 4. The van der Waals surface area contributed by atoms with E-state index in [1.807, 2.05) is 40.0 Å². The number of hydrazine groups is 2. The van der Waals surface area contributed by atoms with Gasteiger partial charge in [0, 0.05) is 32.4 Å². The molecular weight excluding hydrogens is 396 g/mol. The van der Waals surface area contributed by atoms with E-state index in [-0.39, 0.29) is 5.91 Å². The van der Waals surface area contributed by atoms with Gasteiger partial charge in [0.2, 0.25) is 0 Å². The highest BCUT2D eigenvalue weighted by molar-refractivity contribution is 6.11. The number of fused-ring (bicyclic) bond motifs is 1. The van der Waals surface area contributed by atoms with E-state index >= 15 is 0 Å². The van der Waals surface area contributed by atoms with Gasteiger partial charge in [0.1, 0.15) is 5.75 Å². The molecule has 0 spiro atoms. The van der Waals surface area contributed by atoms with E-state index in [4.69, 9.17) is 4.74 Å². The number of ether oxygens (including phenoxy) is 1. The molecule has 0 saturated heterocycles. The minimum Gasteiger partial charge on any atom is -0.467 e. The molecule has 2 heterocycles. The van der Waals surface area contributed by atoms with Crippen LogP contribution in [0.25, 0.3) is 0 Å². The number of aliphatic hydroxyl groups excluding tert-OH is 1. The van der Waals surface area contributed by atoms with Gasteiger partial charge < -0.3 is 25.5 Å². The molecule has 0 radical (unpaired) electrons. The Morgan fingerprint density at radius 1 is 1.23 bits per heavy atom. The fraction of sp³-hybridized carbons (Fsp3) is 0.455. The number of hydrogen-bond acceptors (Lipinski definition) is 8. The number of aromatic nitrogens is 1. The van der Waals surface area contributed by atoms with Crippen molar-refractivity contribution in [1.29, 1.82) is 0 Å². The third-order valence-electron chi connectivity index (χ3n) is 5.01. The molecule has 0 fully saturated rings. The van der Waals surface area contributed by atoms with Crippen molar-refractivity contribution in [1.82, 2.24) is 10.5 Å². The summed E-state index contributed by atoms with van der Waals surface area (Å²) in [5, 5.41) is 14.0. The molecule has 0 atom stereocenters. The zero-order chi connectivity index (χ0) is 23.0. The molecule has 0 aliphatic carbocycles. The second-order valence-electron chi connectivity index (χ2n) is 6.61. The predicted molar refractivity (Wildman–Crippen MR) is 126 cm³/mol. The van der Waals surface area contributed by atoms with Crippen molar-refractivity contribution in [3.8, 4) is 5.75 Å². The van der Waals surface area contributed by atoms with Gasteiger partial charge in [0.15, 0.2) is 6.79 Å². The molecule has 0 saturated carbocycles. The molecule has 2 aromatic rings. The van der Waals surface area contributed by atoms with Crippen LogP contribution in [0.5, 0.6) is 5.75 Å². The first kappa shape index (κ1) is 24.2. The van der Waals surface area contributed by atoms with Crippen LogP contribution in [0, 0.1) is 0 Å². The lowest BCUT2D eigenvalue weighted by molar-refractivity contribution is 0.0975. The zero-order valence-corrected chi connectivity index (χ0v) is 19.2. The van der Waals surface area contributed by atoms with Crippen LogP contribution in [0.1, 0.15) is 50.5 Å². The highest BCUT2D eigenvalue weighted by Crippen LogP contribution is 2.36. The molecular formula is C22H34N6O3. The van der Waals surface area contributed by atoms with E-state index in [0.717, 1.165) is 30.0 Å². The van der Waals surface area contributed by atoms with E-state index in [9.17, 15) is 9.90 Å². The van der Waals surface area contributed by atoms with Crippen molar-refractivity contribution in [3.63, 3.8) is 0 Å². The van der Waals surface area contributed by atoms with Crippen molar-refractivity contribution in [3.05, 3.63) is 35.7 Å². The number of carbonyl (C=O) groups is 1. The van der Waals surface area contributed by atoms with Crippen LogP contribution in [-0.4, -0.2) is 42.9 Å². The second kappa shape index (κ2) is 11.4. The topological polar surface area (TPSA) is 102 Å². The summed E-state index contributed by atoms with van der Waals surface area (Å²) in [6.45, 7) is 11.2. The number of anilines is 4. The van der Waals surface area contributed by atoms with Crippen LogP contribution >= 0.6 is 0 Å². The highest BCUT2D eigenvalue weighted by Gasteiger charge is 2.24. The summed E-state index contributed by atoms with van der Waals surface area (Å²) < 4.78 is 5.41. The van der Waals surface area contributed by atoms with Crippen molar-refractivity contribution >= 4 is 28.7 Å². The Morgan fingerprint density at radius 2 is 1.94 bits per heavy atom. The Bertz CT molecular complexity index is 886. The third-order valence-corrected chi connectivity index (χ3v) is 5.01. The fourth-order valence-electron chi connectivity index (χ4n) is 3.42. The fourth-order valence-corrected chi connectivity index (χ4v) is 3.42. The average molecular weight is 431 g/mol. The van der Waals surface area contributed by atoms with E-state index < -0.39 is 6.79 Å². The minimum atomic E-state index is -0.398. The number of aliphatic hydroxyl groups is 1. The summed E-state index contributed by atoms with van der Waals surface area (Å²) in [7, 11) is 1.84. The number of nitrogens with one attached hydrogen (secondary N) is 3. The van der Waals surface area contributed by atoms with E-state index in [2.05, 4.69) is 40.0 Å². The molecule has 0 unspecified atom stereocenters. The van der Waals surface area contributed by atoms with Gasteiger partial charge in [0.05, 0.1) is 34.5 Å². The molecule has 31 heavy (non-hydrogen) atoms. The molecule has 4 N–H and O–H groups in total. The lowest BCUT2D eigenvalue weighted by atomic mass is 10.1. The summed E-state index contributed by atoms with van der Waals surface area (Å²) in [4.78, 5) is 19.4. The minimum absolute atomic E-state index is 0.259. The summed E-state index contributed by atoms with van der Waals surface area (Å²) >= 11 is 0. The molecule has 0 bridgehead atoms. The molecule has 1 amide bonds. The Balaban J connectivity index is 0.00000166. The van der Waals surface area contributed by atoms with E-state index in [1.165, 1.54) is 0 Å². The summed E-state index contributed by atoms with van der Waals surface area (Å²) in [5.41, 5.74) is 10.3. The van der Waals surface area contributed by atoms with Crippen LogP contribution in [0.4, 0.5) is 22.7 Å². The van der Waals surface area contributed by atoms with Crippen LogP contribution < -0.4 is 30.9 Å². The Morgan fingerprint density at radius 3 is 2.55 bits per heavy atom. The quantitative estimate of drug-likeness (QED) is 0.473. The van der Waals surface area contributed by atoms with Gasteiger partial charge in [-0.05, 0) is 31.9 Å². The summed E-state index contributed by atoms with van der Waals surface area (Å²) in [6.07, 6.45) is 3.94. The van der Waals surface area contributed by atoms with Gasteiger partial charge in [-0.1, -0.05) is 20.8 Å². The number of carbonyl (C=O) groups excluding carboxylic acids is 1. The van der Waals surface area contributed by atoms with Crippen molar-refractivity contribution in [2.45, 2.75) is 41.0 Å². The molecule has 9 heteroatoms. The zero-order valence-electron chi connectivity index (χ0n) is 19.2. The number of rotatable bonds is 8. The van der Waals surface area contributed by atoms with Crippen molar-refractivity contribution in [2.24, 2.45) is 0 Å². The SMILES string of the molecule is CC.CCc1cc(NC(=O)c2cncc3c2NNN3C)c(N(CC)CC)cc1OCO. The van der Waals surface area contributed by atoms with E-state index in [1.54, 1.807) is 17.4 Å². The Labute approximate surface area is 184 Å². The maximum absolute atomic E-state index is 13.1. The first-order chi connectivity index (χ1) is 15.0. The molecule has 170 valence electrons. The third kappa shape index (κ3) is 5.18. The number of nitrogens with zero attached hydrogens (tertiary/aromatic N) is 3.